The summed E-state index contributed by atoms with van der Waals surface area (Å²) in [6.45, 7) is 8.72. The summed E-state index contributed by atoms with van der Waals surface area (Å²) in [6.07, 6.45) is 2.27. The van der Waals surface area contributed by atoms with Gasteiger partial charge in [0.1, 0.15) is 0 Å². The number of hydrogen-bond donors (Lipinski definition) is 1. The summed E-state index contributed by atoms with van der Waals surface area (Å²) in [5, 5.41) is 0. The van der Waals surface area contributed by atoms with Crippen LogP contribution in [0.15, 0.2) is 30.3 Å². The molecule has 3 rings (SSSR count). The van der Waals surface area contributed by atoms with E-state index in [1.165, 1.54) is 5.56 Å². The van der Waals surface area contributed by atoms with Crippen molar-refractivity contribution in [3.8, 4) is 0 Å². The first kappa shape index (κ1) is 20.2. The van der Waals surface area contributed by atoms with Crippen LogP contribution in [0.4, 0.5) is 0 Å². The van der Waals surface area contributed by atoms with E-state index in [9.17, 15) is 4.79 Å². The molecule has 25 heavy (non-hydrogen) atoms. The van der Waals surface area contributed by atoms with Gasteiger partial charge in [-0.05, 0) is 43.7 Å². The minimum atomic E-state index is -0.0406. The number of amides is 1. The van der Waals surface area contributed by atoms with Gasteiger partial charge < -0.3 is 10.6 Å². The Balaban J connectivity index is 0.00000225. The Morgan fingerprint density at radius 3 is 2.44 bits per heavy atom. The Hall–Kier alpha value is -1.10. The smallest absolute Gasteiger partial charge is 0.239 e. The molecule has 5 heteroatoms. The molecule has 2 fully saturated rings. The molecule has 0 aliphatic carbocycles. The molecule has 1 aromatic carbocycles. The molecule has 3 atom stereocenters. The number of carbonyl (C=O) groups is 1. The van der Waals surface area contributed by atoms with Gasteiger partial charge in [0.15, 0.2) is 0 Å². The van der Waals surface area contributed by atoms with Gasteiger partial charge in [-0.1, -0.05) is 37.3 Å². The second-order valence-electron chi connectivity index (χ2n) is 7.65. The molecular formula is C20H32ClN3O. The highest BCUT2D eigenvalue weighted by Gasteiger charge is 2.38. The Bertz CT molecular complexity index is 545. The van der Waals surface area contributed by atoms with Crippen LogP contribution in [-0.4, -0.2) is 54.5 Å². The lowest BCUT2D eigenvalue weighted by Crippen LogP contribution is -2.49. The quantitative estimate of drug-likeness (QED) is 0.892. The third-order valence-electron chi connectivity index (χ3n) is 6.00. The predicted molar refractivity (Wildman–Crippen MR) is 105 cm³/mol. The van der Waals surface area contributed by atoms with Gasteiger partial charge in [-0.3, -0.25) is 9.69 Å². The van der Waals surface area contributed by atoms with Crippen molar-refractivity contribution in [1.82, 2.24) is 9.80 Å². The van der Waals surface area contributed by atoms with E-state index in [1.807, 2.05) is 0 Å². The van der Waals surface area contributed by atoms with Crippen molar-refractivity contribution in [2.45, 2.75) is 38.6 Å². The zero-order valence-corrected chi connectivity index (χ0v) is 16.3. The van der Waals surface area contributed by atoms with Crippen LogP contribution in [0.2, 0.25) is 0 Å². The Morgan fingerprint density at radius 2 is 1.84 bits per heavy atom. The molecule has 0 saturated carbocycles. The summed E-state index contributed by atoms with van der Waals surface area (Å²) >= 11 is 0. The number of halogens is 1. The summed E-state index contributed by atoms with van der Waals surface area (Å²) in [6, 6.07) is 10.6. The van der Waals surface area contributed by atoms with Gasteiger partial charge >= 0.3 is 0 Å². The van der Waals surface area contributed by atoms with Crippen LogP contribution in [-0.2, 0) is 4.79 Å². The van der Waals surface area contributed by atoms with Crippen LogP contribution in [0.25, 0.3) is 0 Å². The summed E-state index contributed by atoms with van der Waals surface area (Å²) in [7, 11) is 0. The normalized spacial score (nSPS) is 26.3. The van der Waals surface area contributed by atoms with Crippen LogP contribution in [0, 0.1) is 11.8 Å². The molecule has 0 radical (unpaired) electrons. The summed E-state index contributed by atoms with van der Waals surface area (Å²) in [5.41, 5.74) is 7.39. The van der Waals surface area contributed by atoms with Crippen LogP contribution in [0.3, 0.4) is 0 Å². The fourth-order valence-electron chi connectivity index (χ4n) is 4.19. The molecule has 1 unspecified atom stereocenters. The number of likely N-dealkylation sites (tertiary alicyclic amines) is 2. The maximum atomic E-state index is 12.9. The lowest BCUT2D eigenvalue weighted by molar-refractivity contribution is -0.137. The Kier molecular flexibility index (Phi) is 7.29. The maximum Gasteiger partial charge on any atom is 0.239 e. The van der Waals surface area contributed by atoms with E-state index in [4.69, 9.17) is 5.73 Å². The van der Waals surface area contributed by atoms with Crippen molar-refractivity contribution in [3.05, 3.63) is 35.9 Å². The highest BCUT2D eigenvalue weighted by molar-refractivity contribution is 5.85. The van der Waals surface area contributed by atoms with Gasteiger partial charge in [0, 0.05) is 32.1 Å². The lowest BCUT2D eigenvalue weighted by atomic mass is 9.89. The van der Waals surface area contributed by atoms with E-state index in [2.05, 4.69) is 54.0 Å². The zero-order chi connectivity index (χ0) is 17.1. The van der Waals surface area contributed by atoms with Crippen LogP contribution >= 0.6 is 12.4 Å². The van der Waals surface area contributed by atoms with Gasteiger partial charge in [-0.25, -0.2) is 0 Å². The molecule has 2 saturated heterocycles. The molecule has 2 aliphatic heterocycles. The number of carbonyl (C=O) groups excluding carboxylic acids is 1. The summed E-state index contributed by atoms with van der Waals surface area (Å²) < 4.78 is 0. The zero-order valence-electron chi connectivity index (χ0n) is 15.4. The molecule has 2 heterocycles. The van der Waals surface area contributed by atoms with Gasteiger partial charge in [-0.15, -0.1) is 12.4 Å². The molecular weight excluding hydrogens is 334 g/mol. The molecule has 1 amide bonds. The average molecular weight is 366 g/mol. The monoisotopic (exact) mass is 365 g/mol. The van der Waals surface area contributed by atoms with Crippen LogP contribution in [0.1, 0.15) is 38.2 Å². The predicted octanol–water partition coefficient (Wildman–Crippen LogP) is 2.73. The minimum absolute atomic E-state index is 0. The number of nitrogens with two attached hydrogens (primary N) is 1. The number of piperidine rings is 1. The van der Waals surface area contributed by atoms with Gasteiger partial charge in [0.2, 0.25) is 5.91 Å². The minimum Gasteiger partial charge on any atom is -0.341 e. The second kappa shape index (κ2) is 9.02. The number of benzene rings is 1. The first-order valence-electron chi connectivity index (χ1n) is 9.38. The van der Waals surface area contributed by atoms with Gasteiger partial charge in [-0.2, -0.15) is 0 Å². The van der Waals surface area contributed by atoms with Crippen LogP contribution < -0.4 is 5.73 Å². The van der Waals surface area contributed by atoms with Crippen molar-refractivity contribution < 1.29 is 4.79 Å². The van der Waals surface area contributed by atoms with E-state index in [0.29, 0.717) is 24.3 Å². The third-order valence-corrected chi connectivity index (χ3v) is 6.00. The first-order valence-corrected chi connectivity index (χ1v) is 9.38. The maximum absolute atomic E-state index is 12.9. The molecule has 1 aromatic rings. The molecule has 2 N–H and O–H groups in total. The fraction of sp³-hybridized carbons (Fsp3) is 0.650. The third kappa shape index (κ3) is 4.55. The Labute approximate surface area is 158 Å². The fourth-order valence-corrected chi connectivity index (χ4v) is 4.19. The number of rotatable bonds is 4. The van der Waals surface area contributed by atoms with E-state index in [-0.39, 0.29) is 18.4 Å². The topological polar surface area (TPSA) is 49.6 Å². The van der Waals surface area contributed by atoms with Crippen molar-refractivity contribution in [2.24, 2.45) is 17.6 Å². The van der Waals surface area contributed by atoms with Crippen molar-refractivity contribution >= 4 is 18.3 Å². The van der Waals surface area contributed by atoms with E-state index in [0.717, 1.165) is 44.9 Å². The van der Waals surface area contributed by atoms with E-state index >= 15 is 0 Å². The Morgan fingerprint density at radius 1 is 1.20 bits per heavy atom. The van der Waals surface area contributed by atoms with Crippen molar-refractivity contribution in [1.29, 1.82) is 0 Å². The molecule has 0 spiro atoms. The SMILES string of the molecule is CC1CCN(C(=O)C(C)N2C[C@@H](CN)[C@H](c3ccccc3)C2)CC1.Cl. The van der Waals surface area contributed by atoms with Crippen molar-refractivity contribution in [2.75, 3.05) is 32.7 Å². The standard InChI is InChI=1S/C20H31N3O.ClH/c1-15-8-10-22(11-9-15)20(24)16(2)23-13-18(12-21)19(14-23)17-6-4-3-5-7-17;/h3-7,15-16,18-19H,8-14,21H2,1-2H3;1H/t16?,18-,19+;/m1./s1. The highest BCUT2D eigenvalue weighted by Crippen LogP contribution is 2.33. The molecule has 0 aromatic heterocycles. The highest BCUT2D eigenvalue weighted by atomic mass is 35.5. The van der Waals surface area contributed by atoms with E-state index < -0.39 is 0 Å². The molecule has 4 nitrogen and oxygen atoms in total. The average Bonchev–Trinajstić information content (AvgIpc) is 3.06. The second-order valence-corrected chi connectivity index (χ2v) is 7.65. The van der Waals surface area contributed by atoms with E-state index in [1.54, 1.807) is 0 Å². The number of nitrogens with zero attached hydrogens (tertiary/aromatic N) is 2. The summed E-state index contributed by atoms with van der Waals surface area (Å²) in [4.78, 5) is 17.3. The molecule has 0 bridgehead atoms. The largest absolute Gasteiger partial charge is 0.341 e. The lowest BCUT2D eigenvalue weighted by Gasteiger charge is -2.34. The molecule has 140 valence electrons. The van der Waals surface area contributed by atoms with Gasteiger partial charge in [0.25, 0.3) is 0 Å². The van der Waals surface area contributed by atoms with Gasteiger partial charge in [0.05, 0.1) is 6.04 Å². The summed E-state index contributed by atoms with van der Waals surface area (Å²) in [5.74, 6) is 1.92. The number of hydrogen-bond acceptors (Lipinski definition) is 3. The first-order chi connectivity index (χ1) is 11.6. The van der Waals surface area contributed by atoms with Crippen molar-refractivity contribution in [3.63, 3.8) is 0 Å². The molecule has 2 aliphatic rings. The van der Waals surface area contributed by atoms with Crippen LogP contribution in [0.5, 0.6) is 0 Å².